The lowest BCUT2D eigenvalue weighted by atomic mass is 10.0. The minimum Gasteiger partial charge on any atom is -0.497 e. The highest BCUT2D eigenvalue weighted by Crippen LogP contribution is 2.31. The van der Waals surface area contributed by atoms with Crippen LogP contribution in [-0.2, 0) is 14.8 Å². The number of fused-ring (bicyclic) bond motifs is 3. The number of methoxy groups -OCH3 is 1. The predicted molar refractivity (Wildman–Crippen MR) is 112 cm³/mol. The number of furan rings is 1. The van der Waals surface area contributed by atoms with Crippen molar-refractivity contribution < 1.29 is 27.5 Å². The van der Waals surface area contributed by atoms with Crippen LogP contribution in [0.2, 0.25) is 0 Å². The Labute approximate surface area is 172 Å². The summed E-state index contributed by atoms with van der Waals surface area (Å²) in [6, 6.07) is 17.6. The molecule has 0 aliphatic carbocycles. The van der Waals surface area contributed by atoms with Crippen LogP contribution in [0.5, 0.6) is 5.75 Å². The highest BCUT2D eigenvalue weighted by atomic mass is 32.2. The van der Waals surface area contributed by atoms with E-state index in [0.29, 0.717) is 27.9 Å². The van der Waals surface area contributed by atoms with Gasteiger partial charge in [0.1, 0.15) is 16.9 Å². The molecular formula is C22H19NO6S. The summed E-state index contributed by atoms with van der Waals surface area (Å²) < 4.78 is 39.5. The number of benzene rings is 3. The second kappa shape index (κ2) is 7.81. The Morgan fingerprint density at radius 1 is 1.03 bits per heavy atom. The maximum Gasteiger partial charge on any atom is 0.305 e. The van der Waals surface area contributed by atoms with E-state index in [0.717, 1.165) is 5.39 Å². The normalized spacial score (nSPS) is 12.8. The van der Waals surface area contributed by atoms with Crippen LogP contribution in [-0.4, -0.2) is 26.6 Å². The topological polar surface area (TPSA) is 106 Å². The molecule has 0 radical (unpaired) electrons. The fourth-order valence-electron chi connectivity index (χ4n) is 3.37. The Bertz CT molecular complexity index is 1330. The lowest BCUT2D eigenvalue weighted by Gasteiger charge is -2.18. The molecule has 7 nitrogen and oxygen atoms in total. The number of ether oxygens (including phenoxy) is 1. The maximum atomic E-state index is 13.1. The SMILES string of the molecule is COc1ccc([C@H](CC(=O)O)NS(=O)(=O)c2ccc3oc4ccccc4c3c2)cc1. The molecule has 1 aromatic heterocycles. The molecule has 0 aliphatic rings. The number of rotatable bonds is 7. The van der Waals surface area contributed by atoms with E-state index in [2.05, 4.69) is 4.72 Å². The third-order valence-electron chi connectivity index (χ3n) is 4.85. The van der Waals surface area contributed by atoms with Gasteiger partial charge in [-0.25, -0.2) is 13.1 Å². The van der Waals surface area contributed by atoms with Crippen LogP contribution in [0, 0.1) is 0 Å². The number of carbonyl (C=O) groups is 1. The Morgan fingerprint density at radius 3 is 2.43 bits per heavy atom. The molecule has 4 rings (SSSR count). The van der Waals surface area contributed by atoms with E-state index in [1.54, 1.807) is 30.3 Å². The number of carboxylic acid groups (broad SMARTS) is 1. The van der Waals surface area contributed by atoms with Crippen molar-refractivity contribution in [2.75, 3.05) is 7.11 Å². The molecule has 0 saturated heterocycles. The maximum absolute atomic E-state index is 13.1. The lowest BCUT2D eigenvalue weighted by molar-refractivity contribution is -0.137. The van der Waals surface area contributed by atoms with Gasteiger partial charge < -0.3 is 14.3 Å². The third-order valence-corrected chi connectivity index (χ3v) is 6.32. The minimum absolute atomic E-state index is 0.0328. The molecular weight excluding hydrogens is 406 g/mol. The highest BCUT2D eigenvalue weighted by Gasteiger charge is 2.24. The van der Waals surface area contributed by atoms with E-state index in [1.165, 1.54) is 19.2 Å². The first-order chi connectivity index (χ1) is 14.4. The Balaban J connectivity index is 1.71. The second-order valence-corrected chi connectivity index (χ2v) is 8.52. The van der Waals surface area contributed by atoms with E-state index < -0.39 is 28.5 Å². The summed E-state index contributed by atoms with van der Waals surface area (Å²) in [5.74, 6) is -0.525. The van der Waals surface area contributed by atoms with Crippen molar-refractivity contribution >= 4 is 37.9 Å². The summed E-state index contributed by atoms with van der Waals surface area (Å²) >= 11 is 0. The molecule has 0 aliphatic heterocycles. The molecule has 0 saturated carbocycles. The van der Waals surface area contributed by atoms with Gasteiger partial charge in [0.15, 0.2) is 0 Å². The van der Waals surface area contributed by atoms with Crippen molar-refractivity contribution in [1.82, 2.24) is 4.72 Å². The molecule has 3 aromatic carbocycles. The van der Waals surface area contributed by atoms with E-state index in [4.69, 9.17) is 9.15 Å². The molecule has 1 atom stereocenters. The average Bonchev–Trinajstić information content (AvgIpc) is 3.11. The van der Waals surface area contributed by atoms with E-state index in [-0.39, 0.29) is 4.90 Å². The van der Waals surface area contributed by atoms with Gasteiger partial charge in [0, 0.05) is 10.8 Å². The van der Waals surface area contributed by atoms with E-state index >= 15 is 0 Å². The number of nitrogens with one attached hydrogen (secondary N) is 1. The molecule has 30 heavy (non-hydrogen) atoms. The smallest absolute Gasteiger partial charge is 0.305 e. The summed E-state index contributed by atoms with van der Waals surface area (Å²) in [6.45, 7) is 0. The van der Waals surface area contributed by atoms with Gasteiger partial charge in [-0.1, -0.05) is 30.3 Å². The van der Waals surface area contributed by atoms with E-state index in [1.807, 2.05) is 24.3 Å². The Hall–Kier alpha value is -3.36. The van der Waals surface area contributed by atoms with Gasteiger partial charge in [-0.2, -0.15) is 0 Å². The zero-order chi connectivity index (χ0) is 21.3. The van der Waals surface area contributed by atoms with Gasteiger partial charge in [0.05, 0.1) is 24.5 Å². The molecule has 4 aromatic rings. The van der Waals surface area contributed by atoms with Gasteiger partial charge in [0.25, 0.3) is 0 Å². The van der Waals surface area contributed by atoms with Gasteiger partial charge in [0.2, 0.25) is 10.0 Å². The molecule has 0 spiro atoms. The zero-order valence-electron chi connectivity index (χ0n) is 16.0. The van der Waals surface area contributed by atoms with Crippen LogP contribution in [0.4, 0.5) is 0 Å². The Kier molecular flexibility index (Phi) is 5.19. The van der Waals surface area contributed by atoms with Gasteiger partial charge in [-0.05, 0) is 42.0 Å². The predicted octanol–water partition coefficient (Wildman–Crippen LogP) is 4.09. The lowest BCUT2D eigenvalue weighted by Crippen LogP contribution is -2.30. The minimum atomic E-state index is -3.99. The van der Waals surface area contributed by atoms with Gasteiger partial charge >= 0.3 is 5.97 Å². The monoisotopic (exact) mass is 425 g/mol. The fraction of sp³-hybridized carbons (Fsp3) is 0.136. The first-order valence-electron chi connectivity index (χ1n) is 9.17. The fourth-order valence-corrected chi connectivity index (χ4v) is 4.62. The zero-order valence-corrected chi connectivity index (χ0v) is 16.8. The molecule has 1 heterocycles. The molecule has 0 unspecified atom stereocenters. The molecule has 0 fully saturated rings. The second-order valence-electron chi connectivity index (χ2n) is 6.80. The Morgan fingerprint density at radius 2 is 1.73 bits per heavy atom. The van der Waals surface area contributed by atoms with Crippen LogP contribution in [0.15, 0.2) is 76.0 Å². The number of para-hydroxylation sites is 1. The number of sulfonamides is 1. The van der Waals surface area contributed by atoms with Crippen LogP contribution < -0.4 is 9.46 Å². The molecule has 2 N–H and O–H groups in total. The summed E-state index contributed by atoms with van der Waals surface area (Å²) in [4.78, 5) is 11.4. The largest absolute Gasteiger partial charge is 0.497 e. The number of hydrogen-bond acceptors (Lipinski definition) is 5. The highest BCUT2D eigenvalue weighted by molar-refractivity contribution is 7.89. The van der Waals surface area contributed by atoms with Crippen molar-refractivity contribution in [3.05, 3.63) is 72.3 Å². The molecule has 154 valence electrons. The number of carboxylic acids is 1. The van der Waals surface area contributed by atoms with Gasteiger partial charge in [-0.3, -0.25) is 4.79 Å². The summed E-state index contributed by atoms with van der Waals surface area (Å²) in [6.07, 6.45) is -0.400. The number of aliphatic carboxylic acids is 1. The average molecular weight is 425 g/mol. The number of hydrogen-bond donors (Lipinski definition) is 2. The van der Waals surface area contributed by atoms with Crippen molar-refractivity contribution in [2.24, 2.45) is 0 Å². The quantitative estimate of drug-likeness (QED) is 0.462. The molecule has 8 heteroatoms. The van der Waals surface area contributed by atoms with Crippen molar-refractivity contribution in [3.63, 3.8) is 0 Å². The summed E-state index contributed by atoms with van der Waals surface area (Å²) in [5, 5.41) is 10.8. The standard InChI is InChI=1S/C22H19NO6S/c1-28-15-8-6-14(7-9-15)19(13-22(24)25)23-30(26,27)16-10-11-21-18(12-16)17-4-2-3-5-20(17)29-21/h2-12,19,23H,13H2,1H3,(H,24,25)/t19-/m0/s1. The van der Waals surface area contributed by atoms with Crippen molar-refractivity contribution in [2.45, 2.75) is 17.4 Å². The van der Waals surface area contributed by atoms with Crippen LogP contribution in [0.25, 0.3) is 21.9 Å². The van der Waals surface area contributed by atoms with Crippen molar-refractivity contribution in [3.8, 4) is 5.75 Å². The molecule has 0 bridgehead atoms. The summed E-state index contributed by atoms with van der Waals surface area (Å²) in [7, 11) is -2.48. The van der Waals surface area contributed by atoms with Crippen LogP contribution in [0.3, 0.4) is 0 Å². The third kappa shape index (κ3) is 3.87. The molecule has 0 amide bonds. The van der Waals surface area contributed by atoms with E-state index in [9.17, 15) is 18.3 Å². The first kappa shape index (κ1) is 19.9. The van der Waals surface area contributed by atoms with Crippen LogP contribution >= 0.6 is 0 Å². The van der Waals surface area contributed by atoms with Gasteiger partial charge in [-0.15, -0.1) is 0 Å². The van der Waals surface area contributed by atoms with Crippen molar-refractivity contribution in [1.29, 1.82) is 0 Å². The van der Waals surface area contributed by atoms with Crippen LogP contribution in [0.1, 0.15) is 18.0 Å². The summed E-state index contributed by atoms with van der Waals surface area (Å²) in [5.41, 5.74) is 1.76. The first-order valence-corrected chi connectivity index (χ1v) is 10.6.